The molecular weight excluding hydrogens is 340 g/mol. The summed E-state index contributed by atoms with van der Waals surface area (Å²) in [4.78, 5) is 34.5. The highest BCUT2D eigenvalue weighted by Gasteiger charge is 2.14. The largest absolute Gasteiger partial charge is 0.503 e. The van der Waals surface area contributed by atoms with Gasteiger partial charge in [0.2, 0.25) is 0 Å². The average Bonchev–Trinajstić information content (AvgIpc) is 2.63. The molecule has 3 aromatic rings. The summed E-state index contributed by atoms with van der Waals surface area (Å²) >= 11 is 0. The SMILES string of the molecule is CCOC(=O)c1ccc(-n2c(=O)c(O)cc3cc([N+](=O)[O-])ccc32)cc1. The molecular formula is C18H14N2O6. The van der Waals surface area contributed by atoms with E-state index < -0.39 is 22.2 Å². The minimum Gasteiger partial charge on any atom is -0.503 e. The van der Waals surface area contributed by atoms with E-state index in [4.69, 9.17) is 4.74 Å². The van der Waals surface area contributed by atoms with Gasteiger partial charge in [-0.1, -0.05) is 0 Å². The van der Waals surface area contributed by atoms with Gasteiger partial charge in [0.05, 0.1) is 22.6 Å². The summed E-state index contributed by atoms with van der Waals surface area (Å²) < 4.78 is 6.14. The maximum Gasteiger partial charge on any atom is 0.338 e. The second-order valence-electron chi connectivity index (χ2n) is 5.44. The second kappa shape index (κ2) is 6.67. The fourth-order valence-corrected chi connectivity index (χ4v) is 2.63. The van der Waals surface area contributed by atoms with E-state index in [1.807, 2.05) is 0 Å². The minimum absolute atomic E-state index is 0.153. The van der Waals surface area contributed by atoms with E-state index in [0.717, 1.165) is 0 Å². The summed E-state index contributed by atoms with van der Waals surface area (Å²) in [7, 11) is 0. The Hall–Kier alpha value is -3.68. The number of esters is 1. The number of aromatic nitrogens is 1. The molecule has 2 aromatic carbocycles. The molecule has 1 heterocycles. The molecule has 0 radical (unpaired) electrons. The summed E-state index contributed by atoms with van der Waals surface area (Å²) in [5.74, 6) is -1.02. The molecule has 0 unspecified atom stereocenters. The molecule has 0 atom stereocenters. The number of aromatic hydroxyl groups is 1. The van der Waals surface area contributed by atoms with Gasteiger partial charge < -0.3 is 9.84 Å². The minimum atomic E-state index is -0.671. The zero-order valence-electron chi connectivity index (χ0n) is 13.7. The van der Waals surface area contributed by atoms with Crippen molar-refractivity contribution in [3.05, 3.63) is 74.6 Å². The van der Waals surface area contributed by atoms with Gasteiger partial charge in [0, 0.05) is 23.2 Å². The Labute approximate surface area is 147 Å². The molecule has 0 saturated carbocycles. The van der Waals surface area contributed by atoms with Crippen LogP contribution in [0.15, 0.2) is 53.3 Å². The molecule has 8 nitrogen and oxygen atoms in total. The van der Waals surface area contributed by atoms with Crippen LogP contribution in [-0.4, -0.2) is 27.2 Å². The number of carbonyl (C=O) groups is 1. The number of nitro groups is 1. The van der Waals surface area contributed by atoms with Gasteiger partial charge in [-0.2, -0.15) is 0 Å². The van der Waals surface area contributed by atoms with Crippen LogP contribution < -0.4 is 5.56 Å². The van der Waals surface area contributed by atoms with Crippen molar-refractivity contribution in [1.82, 2.24) is 4.57 Å². The summed E-state index contributed by atoms with van der Waals surface area (Å²) in [6.45, 7) is 1.94. The second-order valence-corrected chi connectivity index (χ2v) is 5.44. The Balaban J connectivity index is 2.17. The van der Waals surface area contributed by atoms with Crippen LogP contribution in [0.4, 0.5) is 5.69 Å². The van der Waals surface area contributed by atoms with E-state index in [9.17, 15) is 24.8 Å². The van der Waals surface area contributed by atoms with E-state index in [1.165, 1.54) is 53.1 Å². The lowest BCUT2D eigenvalue weighted by atomic mass is 10.1. The number of non-ortho nitro benzene ring substituents is 1. The lowest BCUT2D eigenvalue weighted by Crippen LogP contribution is -2.18. The first kappa shape index (κ1) is 17.2. The standard InChI is InChI=1S/C18H14N2O6/c1-2-26-18(23)11-3-5-13(6-4-11)19-15-8-7-14(20(24)25)9-12(15)10-16(21)17(19)22/h3-10,21H,2H2,1H3. The van der Waals surface area contributed by atoms with Crippen molar-refractivity contribution in [2.45, 2.75) is 6.92 Å². The van der Waals surface area contributed by atoms with Crippen molar-refractivity contribution in [2.24, 2.45) is 0 Å². The number of hydrogen-bond acceptors (Lipinski definition) is 6. The van der Waals surface area contributed by atoms with Crippen LogP contribution in [-0.2, 0) is 4.74 Å². The quantitative estimate of drug-likeness (QED) is 0.438. The van der Waals surface area contributed by atoms with Crippen LogP contribution in [0.3, 0.4) is 0 Å². The molecule has 0 saturated heterocycles. The van der Waals surface area contributed by atoms with Crippen LogP contribution in [0.2, 0.25) is 0 Å². The van der Waals surface area contributed by atoms with Crippen LogP contribution in [0.1, 0.15) is 17.3 Å². The van der Waals surface area contributed by atoms with Gasteiger partial charge in [0.15, 0.2) is 5.75 Å². The first-order valence-electron chi connectivity index (χ1n) is 7.73. The smallest absolute Gasteiger partial charge is 0.338 e. The number of nitrogens with zero attached hydrogens (tertiary/aromatic N) is 2. The number of pyridine rings is 1. The van der Waals surface area contributed by atoms with Gasteiger partial charge >= 0.3 is 5.97 Å². The van der Waals surface area contributed by atoms with Crippen LogP contribution in [0.25, 0.3) is 16.6 Å². The predicted octanol–water partition coefficient (Wildman–Crippen LogP) is 2.78. The number of fused-ring (bicyclic) bond motifs is 1. The Kier molecular flexibility index (Phi) is 4.40. The monoisotopic (exact) mass is 354 g/mol. The van der Waals surface area contributed by atoms with Gasteiger partial charge in [-0.15, -0.1) is 0 Å². The molecule has 0 spiro atoms. The van der Waals surface area contributed by atoms with Crippen LogP contribution in [0.5, 0.6) is 5.75 Å². The number of ether oxygens (including phenoxy) is 1. The molecule has 3 rings (SSSR count). The van der Waals surface area contributed by atoms with Crippen LogP contribution in [0, 0.1) is 10.1 Å². The molecule has 132 valence electrons. The first-order chi connectivity index (χ1) is 12.4. The highest BCUT2D eigenvalue weighted by Crippen LogP contribution is 2.24. The Bertz CT molecular complexity index is 1070. The molecule has 0 amide bonds. The zero-order chi connectivity index (χ0) is 18.8. The number of nitro benzene ring substituents is 1. The van der Waals surface area contributed by atoms with Crippen molar-refractivity contribution in [3.63, 3.8) is 0 Å². The average molecular weight is 354 g/mol. The Morgan fingerprint density at radius 1 is 1.19 bits per heavy atom. The Morgan fingerprint density at radius 2 is 1.88 bits per heavy atom. The topological polar surface area (TPSA) is 112 Å². The number of benzene rings is 2. The van der Waals surface area contributed by atoms with E-state index in [2.05, 4.69) is 0 Å². The third-order valence-electron chi connectivity index (χ3n) is 3.81. The highest BCUT2D eigenvalue weighted by atomic mass is 16.6. The summed E-state index contributed by atoms with van der Waals surface area (Å²) in [6.07, 6.45) is 0. The predicted molar refractivity (Wildman–Crippen MR) is 93.8 cm³/mol. The fourth-order valence-electron chi connectivity index (χ4n) is 2.63. The summed E-state index contributed by atoms with van der Waals surface area (Å²) in [6, 6.07) is 11.3. The summed E-state index contributed by atoms with van der Waals surface area (Å²) in [5.41, 5.74) is 0.291. The van der Waals surface area contributed by atoms with Gasteiger partial charge in [0.25, 0.3) is 11.2 Å². The third kappa shape index (κ3) is 3.00. The molecule has 0 aliphatic heterocycles. The van der Waals surface area contributed by atoms with E-state index >= 15 is 0 Å². The van der Waals surface area contributed by atoms with Gasteiger partial charge in [0.1, 0.15) is 0 Å². The van der Waals surface area contributed by atoms with Crippen molar-refractivity contribution >= 4 is 22.6 Å². The van der Waals surface area contributed by atoms with E-state index in [-0.39, 0.29) is 12.3 Å². The lowest BCUT2D eigenvalue weighted by Gasteiger charge is -2.11. The molecule has 0 aliphatic rings. The number of rotatable bonds is 4. The maximum absolute atomic E-state index is 12.4. The molecule has 8 heteroatoms. The molecule has 0 fully saturated rings. The normalized spacial score (nSPS) is 10.7. The highest BCUT2D eigenvalue weighted by molar-refractivity contribution is 5.90. The van der Waals surface area contributed by atoms with Crippen molar-refractivity contribution < 1.29 is 19.6 Å². The van der Waals surface area contributed by atoms with Gasteiger partial charge in [-0.3, -0.25) is 19.5 Å². The number of carbonyl (C=O) groups excluding carboxylic acids is 1. The van der Waals surface area contributed by atoms with Crippen LogP contribution >= 0.6 is 0 Å². The van der Waals surface area contributed by atoms with Crippen molar-refractivity contribution in [2.75, 3.05) is 6.61 Å². The van der Waals surface area contributed by atoms with Gasteiger partial charge in [-0.25, -0.2) is 4.79 Å². The maximum atomic E-state index is 12.4. The molecule has 26 heavy (non-hydrogen) atoms. The van der Waals surface area contributed by atoms with E-state index in [1.54, 1.807) is 6.92 Å². The number of hydrogen-bond donors (Lipinski definition) is 1. The zero-order valence-corrected chi connectivity index (χ0v) is 13.7. The Morgan fingerprint density at radius 3 is 2.50 bits per heavy atom. The summed E-state index contributed by atoms with van der Waals surface area (Å²) in [5, 5.41) is 21.2. The molecule has 0 bridgehead atoms. The first-order valence-corrected chi connectivity index (χ1v) is 7.73. The van der Waals surface area contributed by atoms with E-state index in [0.29, 0.717) is 22.2 Å². The van der Waals surface area contributed by atoms with Gasteiger partial charge in [-0.05, 0) is 43.3 Å². The van der Waals surface area contributed by atoms with Crippen molar-refractivity contribution in [1.29, 1.82) is 0 Å². The fraction of sp³-hybridized carbons (Fsp3) is 0.111. The molecule has 0 aliphatic carbocycles. The lowest BCUT2D eigenvalue weighted by molar-refractivity contribution is -0.384. The molecule has 1 N–H and O–H groups in total. The van der Waals surface area contributed by atoms with Crippen molar-refractivity contribution in [3.8, 4) is 11.4 Å². The molecule has 1 aromatic heterocycles. The third-order valence-corrected chi connectivity index (χ3v) is 3.81.